The van der Waals surface area contributed by atoms with Crippen LogP contribution < -0.4 is 0 Å². The molecule has 0 aliphatic carbocycles. The highest BCUT2D eigenvalue weighted by Crippen LogP contribution is 2.31. The molecule has 1 aromatic heterocycles. The van der Waals surface area contributed by atoms with Gasteiger partial charge in [0, 0.05) is 12.3 Å². The predicted octanol–water partition coefficient (Wildman–Crippen LogP) is 2.91. The first-order chi connectivity index (χ1) is 8.15. The summed E-state index contributed by atoms with van der Waals surface area (Å²) in [6, 6.07) is 9.54. The van der Waals surface area contributed by atoms with E-state index in [1.54, 1.807) is 24.4 Å². The summed E-state index contributed by atoms with van der Waals surface area (Å²) in [5, 5.41) is 20.1. The molecule has 84 valence electrons. The first-order valence-corrected chi connectivity index (χ1v) is 5.03. The standard InChI is InChI=1S/C11H6ClN3O2/c12-9-4-1-5-10(15(16)17)11(9)14-6-2-3-8(14)7-13/h1-6H. The highest BCUT2D eigenvalue weighted by atomic mass is 35.5. The summed E-state index contributed by atoms with van der Waals surface area (Å²) in [5.41, 5.74) is 0.368. The fourth-order valence-corrected chi connectivity index (χ4v) is 1.82. The minimum atomic E-state index is -0.525. The highest BCUT2D eigenvalue weighted by molar-refractivity contribution is 6.32. The van der Waals surface area contributed by atoms with Crippen LogP contribution >= 0.6 is 11.6 Å². The first-order valence-electron chi connectivity index (χ1n) is 4.66. The van der Waals surface area contributed by atoms with Crippen LogP contribution in [0.3, 0.4) is 0 Å². The molecular formula is C11H6ClN3O2. The zero-order valence-corrected chi connectivity index (χ0v) is 9.26. The SMILES string of the molecule is N#Cc1cccn1-c1c(Cl)cccc1[N+](=O)[O-]. The van der Waals surface area contributed by atoms with Crippen LogP contribution in [-0.4, -0.2) is 9.49 Å². The van der Waals surface area contributed by atoms with Crippen molar-refractivity contribution in [3.05, 3.63) is 57.4 Å². The summed E-state index contributed by atoms with van der Waals surface area (Å²) >= 11 is 5.96. The van der Waals surface area contributed by atoms with Gasteiger partial charge in [0.2, 0.25) is 0 Å². The van der Waals surface area contributed by atoms with Gasteiger partial charge in [0.05, 0.1) is 9.95 Å². The van der Waals surface area contributed by atoms with E-state index in [1.165, 1.54) is 16.7 Å². The van der Waals surface area contributed by atoms with Crippen molar-refractivity contribution in [3.63, 3.8) is 0 Å². The van der Waals surface area contributed by atoms with Gasteiger partial charge >= 0.3 is 0 Å². The lowest BCUT2D eigenvalue weighted by atomic mass is 10.2. The largest absolute Gasteiger partial charge is 0.301 e. The van der Waals surface area contributed by atoms with E-state index < -0.39 is 4.92 Å². The molecule has 5 nitrogen and oxygen atoms in total. The van der Waals surface area contributed by atoms with Gasteiger partial charge in [-0.25, -0.2) is 0 Å². The maximum Gasteiger partial charge on any atom is 0.294 e. The van der Waals surface area contributed by atoms with E-state index in [1.807, 2.05) is 6.07 Å². The molecule has 0 bridgehead atoms. The highest BCUT2D eigenvalue weighted by Gasteiger charge is 2.19. The summed E-state index contributed by atoms with van der Waals surface area (Å²) in [6.45, 7) is 0. The number of nitrogens with zero attached hydrogens (tertiary/aromatic N) is 3. The zero-order valence-electron chi connectivity index (χ0n) is 8.50. The molecule has 0 saturated heterocycles. The number of nitro benzene ring substituents is 1. The van der Waals surface area contributed by atoms with Crippen LogP contribution in [0, 0.1) is 21.4 Å². The van der Waals surface area contributed by atoms with E-state index >= 15 is 0 Å². The molecule has 1 aromatic carbocycles. The van der Waals surface area contributed by atoms with Gasteiger partial charge in [-0.05, 0) is 18.2 Å². The number of para-hydroxylation sites is 1. The average Bonchev–Trinajstić information content (AvgIpc) is 2.76. The van der Waals surface area contributed by atoms with Crippen LogP contribution in [0.25, 0.3) is 5.69 Å². The Kier molecular flexibility index (Phi) is 2.81. The second-order valence-corrected chi connectivity index (χ2v) is 3.65. The molecule has 0 saturated carbocycles. The number of nitro groups is 1. The summed E-state index contributed by atoms with van der Waals surface area (Å²) in [4.78, 5) is 10.4. The molecule has 0 radical (unpaired) electrons. The van der Waals surface area contributed by atoms with Crippen molar-refractivity contribution in [2.24, 2.45) is 0 Å². The molecule has 2 rings (SSSR count). The van der Waals surface area contributed by atoms with Crippen molar-refractivity contribution in [1.82, 2.24) is 4.57 Å². The van der Waals surface area contributed by atoms with Crippen LogP contribution in [0.2, 0.25) is 5.02 Å². The van der Waals surface area contributed by atoms with Gasteiger partial charge in [-0.15, -0.1) is 0 Å². The van der Waals surface area contributed by atoms with Gasteiger partial charge in [0.1, 0.15) is 17.5 Å². The third-order valence-corrected chi connectivity index (χ3v) is 2.57. The van der Waals surface area contributed by atoms with Gasteiger partial charge < -0.3 is 4.57 Å². The van der Waals surface area contributed by atoms with E-state index in [9.17, 15) is 10.1 Å². The maximum atomic E-state index is 10.9. The lowest BCUT2D eigenvalue weighted by molar-refractivity contribution is -0.384. The number of hydrogen-bond acceptors (Lipinski definition) is 3. The predicted molar refractivity (Wildman–Crippen MR) is 62.1 cm³/mol. The normalized spacial score (nSPS) is 9.88. The zero-order chi connectivity index (χ0) is 12.4. The average molecular weight is 248 g/mol. The van der Waals surface area contributed by atoms with E-state index in [0.29, 0.717) is 5.69 Å². The second kappa shape index (κ2) is 4.28. The lowest BCUT2D eigenvalue weighted by Crippen LogP contribution is -2.01. The van der Waals surface area contributed by atoms with Gasteiger partial charge in [-0.3, -0.25) is 10.1 Å². The smallest absolute Gasteiger partial charge is 0.294 e. The summed E-state index contributed by atoms with van der Waals surface area (Å²) < 4.78 is 1.40. The van der Waals surface area contributed by atoms with Gasteiger partial charge in [0.15, 0.2) is 0 Å². The van der Waals surface area contributed by atoms with Crippen molar-refractivity contribution < 1.29 is 4.92 Å². The topological polar surface area (TPSA) is 71.9 Å². The third kappa shape index (κ3) is 1.86. The number of hydrogen-bond donors (Lipinski definition) is 0. The Bertz CT molecular complexity index is 628. The summed E-state index contributed by atoms with van der Waals surface area (Å²) in [6.07, 6.45) is 1.56. The van der Waals surface area contributed by atoms with E-state index in [4.69, 9.17) is 16.9 Å². The molecule has 1 heterocycles. The monoisotopic (exact) mass is 247 g/mol. The molecule has 0 amide bonds. The molecule has 0 N–H and O–H groups in total. The van der Waals surface area contributed by atoms with E-state index in [2.05, 4.69) is 0 Å². The van der Waals surface area contributed by atoms with Gasteiger partial charge in [0.25, 0.3) is 5.69 Å². The van der Waals surface area contributed by atoms with Crippen LogP contribution in [0.1, 0.15) is 5.69 Å². The Labute approximate surface area is 102 Å². The Morgan fingerprint density at radius 3 is 2.76 bits per heavy atom. The second-order valence-electron chi connectivity index (χ2n) is 3.24. The fraction of sp³-hybridized carbons (Fsp3) is 0. The van der Waals surface area contributed by atoms with E-state index in [-0.39, 0.29) is 16.4 Å². The Hall–Kier alpha value is -2.32. The fourth-order valence-electron chi connectivity index (χ4n) is 1.56. The molecule has 0 aliphatic rings. The van der Waals surface area contributed by atoms with Crippen molar-refractivity contribution in [3.8, 4) is 11.8 Å². The molecule has 17 heavy (non-hydrogen) atoms. The molecule has 0 atom stereocenters. The minimum Gasteiger partial charge on any atom is -0.301 e. The van der Waals surface area contributed by atoms with Crippen molar-refractivity contribution in [2.45, 2.75) is 0 Å². The number of benzene rings is 1. The van der Waals surface area contributed by atoms with Gasteiger partial charge in [-0.2, -0.15) is 5.26 Å². The molecule has 0 fully saturated rings. The lowest BCUT2D eigenvalue weighted by Gasteiger charge is -2.07. The van der Waals surface area contributed by atoms with Crippen LogP contribution in [0.4, 0.5) is 5.69 Å². The number of halogens is 1. The van der Waals surface area contributed by atoms with Gasteiger partial charge in [-0.1, -0.05) is 17.7 Å². The Balaban J connectivity index is 2.75. The van der Waals surface area contributed by atoms with Crippen molar-refractivity contribution in [2.75, 3.05) is 0 Å². The number of nitriles is 1. The summed E-state index contributed by atoms with van der Waals surface area (Å²) in [5.74, 6) is 0. The molecule has 0 spiro atoms. The molecular weight excluding hydrogens is 242 g/mol. The summed E-state index contributed by atoms with van der Waals surface area (Å²) in [7, 11) is 0. The molecule has 2 aromatic rings. The maximum absolute atomic E-state index is 10.9. The molecule has 6 heteroatoms. The van der Waals surface area contributed by atoms with Crippen molar-refractivity contribution in [1.29, 1.82) is 5.26 Å². The number of rotatable bonds is 2. The Morgan fingerprint density at radius 1 is 1.35 bits per heavy atom. The van der Waals surface area contributed by atoms with Crippen LogP contribution in [0.5, 0.6) is 0 Å². The van der Waals surface area contributed by atoms with Crippen molar-refractivity contribution >= 4 is 17.3 Å². The number of aromatic nitrogens is 1. The molecule has 0 unspecified atom stereocenters. The van der Waals surface area contributed by atoms with Crippen LogP contribution in [-0.2, 0) is 0 Å². The minimum absolute atomic E-state index is 0.134. The first kappa shape index (κ1) is 11.2. The Morgan fingerprint density at radius 2 is 2.12 bits per heavy atom. The van der Waals surface area contributed by atoms with E-state index in [0.717, 1.165) is 0 Å². The quantitative estimate of drug-likeness (QED) is 0.605. The molecule has 0 aliphatic heterocycles. The third-order valence-electron chi connectivity index (χ3n) is 2.27. The van der Waals surface area contributed by atoms with Crippen LogP contribution in [0.15, 0.2) is 36.5 Å².